The molecule has 0 aromatic carbocycles. The Kier molecular flexibility index (Phi) is 2.20. The second-order valence-corrected chi connectivity index (χ2v) is 3.50. The zero-order valence-corrected chi connectivity index (χ0v) is 7.71. The van der Waals surface area contributed by atoms with Crippen molar-refractivity contribution in [1.29, 1.82) is 5.26 Å². The Morgan fingerprint density at radius 3 is 2.69 bits per heavy atom. The van der Waals surface area contributed by atoms with E-state index in [1.165, 1.54) is 17.3 Å². The second kappa shape index (κ2) is 3.51. The monoisotopic (exact) mass is 185 g/mol. The van der Waals surface area contributed by atoms with Crippen molar-refractivity contribution in [2.45, 2.75) is 4.90 Å². The molecule has 0 aromatic rings. The summed E-state index contributed by atoms with van der Waals surface area (Å²) in [5.41, 5.74) is 2.33. The van der Waals surface area contributed by atoms with E-state index in [0.717, 1.165) is 10.5 Å². The van der Waals surface area contributed by atoms with E-state index in [9.17, 15) is 0 Å². The van der Waals surface area contributed by atoms with Crippen LogP contribution in [0.15, 0.2) is 47.4 Å². The van der Waals surface area contributed by atoms with Crippen molar-refractivity contribution < 1.29 is 0 Å². The highest BCUT2D eigenvalue weighted by Crippen LogP contribution is 2.33. The van der Waals surface area contributed by atoms with Crippen molar-refractivity contribution in [3.63, 3.8) is 0 Å². The third kappa shape index (κ3) is 1.51. The predicted octanol–water partition coefficient (Wildman–Crippen LogP) is 3.36. The van der Waals surface area contributed by atoms with Gasteiger partial charge in [0.25, 0.3) is 0 Å². The van der Waals surface area contributed by atoms with Crippen LogP contribution in [0.3, 0.4) is 0 Å². The molecule has 0 fully saturated rings. The van der Waals surface area contributed by atoms with Gasteiger partial charge in [-0.3, -0.25) is 0 Å². The fourth-order valence-electron chi connectivity index (χ4n) is 1.32. The summed E-state index contributed by atoms with van der Waals surface area (Å²) in [7, 11) is 0. The maximum Gasteiger partial charge on any atom is 0.138 e. The maximum absolute atomic E-state index is 8.57. The number of thiocyanates is 1. The van der Waals surface area contributed by atoms with Gasteiger partial charge in [-0.05, 0) is 29.0 Å². The highest BCUT2D eigenvalue weighted by atomic mass is 32.2. The van der Waals surface area contributed by atoms with Crippen LogP contribution in [0, 0.1) is 10.7 Å². The van der Waals surface area contributed by atoms with Crippen LogP contribution in [0.4, 0.5) is 0 Å². The van der Waals surface area contributed by atoms with Crippen LogP contribution in [-0.4, -0.2) is 0 Å². The van der Waals surface area contributed by atoms with Crippen molar-refractivity contribution >= 4 is 11.8 Å². The summed E-state index contributed by atoms with van der Waals surface area (Å²) >= 11 is 1.21. The van der Waals surface area contributed by atoms with Gasteiger partial charge >= 0.3 is 0 Å². The molecule has 0 saturated carbocycles. The molecule has 0 atom stereocenters. The third-order valence-electron chi connectivity index (χ3n) is 1.91. The Morgan fingerprint density at radius 1 is 1.00 bits per heavy atom. The smallest absolute Gasteiger partial charge is 0.138 e. The summed E-state index contributed by atoms with van der Waals surface area (Å²) in [6, 6.07) is 14.1. The van der Waals surface area contributed by atoms with Gasteiger partial charge in [0.2, 0.25) is 0 Å². The van der Waals surface area contributed by atoms with E-state index in [2.05, 4.69) is 11.5 Å². The van der Waals surface area contributed by atoms with Crippen LogP contribution in [0.5, 0.6) is 0 Å². The molecule has 0 aromatic heterocycles. The highest BCUT2D eigenvalue weighted by molar-refractivity contribution is 8.03. The summed E-state index contributed by atoms with van der Waals surface area (Å²) in [5.74, 6) is 0. The van der Waals surface area contributed by atoms with E-state index in [1.54, 1.807) is 0 Å². The SMILES string of the molecule is N#CSc1ccc2cccccc1-2. The van der Waals surface area contributed by atoms with E-state index in [1.807, 2.05) is 36.4 Å². The van der Waals surface area contributed by atoms with Crippen molar-refractivity contribution in [2.75, 3.05) is 0 Å². The molecule has 0 aliphatic heterocycles. The Morgan fingerprint density at radius 2 is 1.85 bits per heavy atom. The van der Waals surface area contributed by atoms with Crippen molar-refractivity contribution in [3.8, 4) is 16.5 Å². The number of hydrogen-bond acceptors (Lipinski definition) is 2. The Balaban J connectivity index is 2.56. The third-order valence-corrected chi connectivity index (χ3v) is 2.57. The first-order valence-corrected chi connectivity index (χ1v) is 4.77. The lowest BCUT2D eigenvalue weighted by Crippen LogP contribution is -1.67. The van der Waals surface area contributed by atoms with Crippen molar-refractivity contribution in [3.05, 3.63) is 42.5 Å². The van der Waals surface area contributed by atoms with E-state index in [4.69, 9.17) is 5.26 Å². The number of hydrogen-bond donors (Lipinski definition) is 0. The van der Waals surface area contributed by atoms with Crippen LogP contribution in [0.1, 0.15) is 0 Å². The van der Waals surface area contributed by atoms with Crippen LogP contribution < -0.4 is 0 Å². The van der Waals surface area contributed by atoms with Gasteiger partial charge in [-0.25, -0.2) is 0 Å². The van der Waals surface area contributed by atoms with Gasteiger partial charge in [0.1, 0.15) is 5.40 Å². The lowest BCUT2D eigenvalue weighted by Gasteiger charge is -1.93. The number of nitrogens with zero attached hydrogens (tertiary/aromatic N) is 1. The van der Waals surface area contributed by atoms with Gasteiger partial charge in [-0.1, -0.05) is 36.4 Å². The first-order chi connectivity index (χ1) is 6.42. The van der Waals surface area contributed by atoms with Crippen LogP contribution in [0.25, 0.3) is 11.1 Å². The average Bonchev–Trinajstić information content (AvgIpc) is 2.38. The van der Waals surface area contributed by atoms with E-state index < -0.39 is 0 Å². The number of rotatable bonds is 1. The topological polar surface area (TPSA) is 23.8 Å². The molecule has 2 rings (SSSR count). The van der Waals surface area contributed by atoms with Crippen molar-refractivity contribution in [2.24, 2.45) is 0 Å². The Labute approximate surface area is 81.3 Å². The summed E-state index contributed by atoms with van der Waals surface area (Å²) in [6.07, 6.45) is 0. The summed E-state index contributed by atoms with van der Waals surface area (Å²) < 4.78 is 0. The van der Waals surface area contributed by atoms with Crippen LogP contribution in [0.2, 0.25) is 0 Å². The van der Waals surface area contributed by atoms with Crippen LogP contribution in [-0.2, 0) is 0 Å². The molecule has 1 nitrogen and oxygen atoms in total. The minimum absolute atomic E-state index is 1.04. The normalized spacial score (nSPS) is 9.77. The molecule has 0 spiro atoms. The molecule has 2 aliphatic rings. The maximum atomic E-state index is 8.57. The molecular weight excluding hydrogens is 178 g/mol. The molecule has 0 amide bonds. The molecule has 0 bridgehead atoms. The van der Waals surface area contributed by atoms with Gasteiger partial charge in [-0.2, -0.15) is 5.26 Å². The van der Waals surface area contributed by atoms with Crippen LogP contribution >= 0.6 is 11.8 Å². The second-order valence-electron chi connectivity index (χ2n) is 2.67. The van der Waals surface area contributed by atoms with Gasteiger partial charge in [0, 0.05) is 4.90 Å². The largest absolute Gasteiger partial charge is 0.185 e. The fraction of sp³-hybridized carbons (Fsp3) is 0. The standard InChI is InChI=1S/C11H7NS/c12-8-13-11-7-6-9-4-2-1-3-5-10(9)11/h1-7H. The molecule has 0 heterocycles. The summed E-state index contributed by atoms with van der Waals surface area (Å²) in [4.78, 5) is 1.04. The number of fused-ring (bicyclic) bond motifs is 1. The minimum atomic E-state index is 1.04. The Hall–Kier alpha value is -1.46. The van der Waals surface area contributed by atoms with Gasteiger partial charge in [0.05, 0.1) is 0 Å². The molecule has 62 valence electrons. The zero-order chi connectivity index (χ0) is 9.10. The fourth-order valence-corrected chi connectivity index (χ4v) is 1.85. The molecule has 2 heteroatoms. The zero-order valence-electron chi connectivity index (χ0n) is 6.90. The quantitative estimate of drug-likeness (QED) is 0.502. The molecule has 13 heavy (non-hydrogen) atoms. The molecule has 0 N–H and O–H groups in total. The molecular formula is C11H7NS. The predicted molar refractivity (Wildman–Crippen MR) is 54.5 cm³/mol. The molecule has 0 unspecified atom stereocenters. The summed E-state index contributed by atoms with van der Waals surface area (Å²) in [6.45, 7) is 0. The molecule has 0 saturated heterocycles. The number of nitriles is 1. The highest BCUT2D eigenvalue weighted by Gasteiger charge is 2.06. The molecule has 2 aliphatic carbocycles. The first-order valence-electron chi connectivity index (χ1n) is 3.95. The molecule has 0 radical (unpaired) electrons. The lowest BCUT2D eigenvalue weighted by atomic mass is 10.2. The van der Waals surface area contributed by atoms with E-state index in [0.29, 0.717) is 0 Å². The van der Waals surface area contributed by atoms with E-state index in [-0.39, 0.29) is 0 Å². The van der Waals surface area contributed by atoms with Crippen molar-refractivity contribution in [1.82, 2.24) is 0 Å². The summed E-state index contributed by atoms with van der Waals surface area (Å²) in [5, 5.41) is 10.7. The number of thioether (sulfide) groups is 1. The van der Waals surface area contributed by atoms with Gasteiger partial charge in [0.15, 0.2) is 0 Å². The minimum Gasteiger partial charge on any atom is -0.185 e. The van der Waals surface area contributed by atoms with Gasteiger partial charge < -0.3 is 0 Å². The van der Waals surface area contributed by atoms with Gasteiger partial charge in [-0.15, -0.1) is 0 Å². The van der Waals surface area contributed by atoms with E-state index >= 15 is 0 Å². The first kappa shape index (κ1) is 8.15. The average molecular weight is 185 g/mol. The lowest BCUT2D eigenvalue weighted by molar-refractivity contribution is 1.55. The Bertz CT molecular complexity index is 431.